The van der Waals surface area contributed by atoms with Gasteiger partial charge in [-0.25, -0.2) is 0 Å². The molecule has 2 amide bonds. The fraction of sp³-hybridized carbons (Fsp3) is 0.893. The molecule has 0 aromatic carbocycles. The Labute approximate surface area is 215 Å². The molecule has 0 aliphatic rings. The van der Waals surface area contributed by atoms with Gasteiger partial charge < -0.3 is 21.3 Å². The van der Waals surface area contributed by atoms with Crippen molar-refractivity contribution >= 4 is 17.6 Å². The molecule has 0 aliphatic carbocycles. The van der Waals surface area contributed by atoms with Gasteiger partial charge in [0.2, 0.25) is 11.8 Å². The summed E-state index contributed by atoms with van der Waals surface area (Å²) < 4.78 is 0. The van der Waals surface area contributed by atoms with Crippen LogP contribution < -0.4 is 21.3 Å². The van der Waals surface area contributed by atoms with Gasteiger partial charge in [0.1, 0.15) is 6.04 Å². The van der Waals surface area contributed by atoms with Crippen molar-refractivity contribution in [1.82, 2.24) is 21.3 Å². The molecule has 1 unspecified atom stereocenters. The lowest BCUT2D eigenvalue weighted by Gasteiger charge is -2.27. The molecule has 0 rings (SSSR count). The minimum absolute atomic E-state index is 0.0181. The van der Waals surface area contributed by atoms with Crippen LogP contribution in [0.1, 0.15) is 114 Å². The van der Waals surface area contributed by atoms with Gasteiger partial charge in [-0.3, -0.25) is 14.4 Å². The highest BCUT2D eigenvalue weighted by Gasteiger charge is 2.30. The van der Waals surface area contributed by atoms with Crippen LogP contribution in [0.2, 0.25) is 0 Å². The SMILES string of the molecule is CCCCCCC(C)NCCCC[C@@H](NC(C)C)C(=O)N[C@H](C(=O)N[C@@H](C)C(=O)C(C)C)C(C)C. The molecule has 35 heavy (non-hydrogen) atoms. The number of carbonyl (C=O) groups is 3. The standard InChI is InChI=1S/C28H56N4O3/c1-10-11-12-13-16-22(8)29-18-15-14-17-24(30-21(6)7)27(34)32-25(19(2)3)28(35)31-23(9)26(33)20(4)5/h19-25,29-30H,10-18H2,1-9H3,(H,31,35)(H,32,34)/t22?,23-,24+,25-/m0/s1. The van der Waals surface area contributed by atoms with Crippen molar-refractivity contribution in [2.45, 2.75) is 144 Å². The van der Waals surface area contributed by atoms with Crippen molar-refractivity contribution in [3.63, 3.8) is 0 Å². The molecule has 0 aromatic heterocycles. The Balaban J connectivity index is 4.76. The molecular weight excluding hydrogens is 440 g/mol. The van der Waals surface area contributed by atoms with E-state index in [2.05, 4.69) is 35.1 Å². The number of ketones is 1. The van der Waals surface area contributed by atoms with Gasteiger partial charge >= 0.3 is 0 Å². The highest BCUT2D eigenvalue weighted by atomic mass is 16.2. The number of amides is 2. The Morgan fingerprint density at radius 1 is 0.714 bits per heavy atom. The molecule has 4 N–H and O–H groups in total. The van der Waals surface area contributed by atoms with Crippen molar-refractivity contribution in [3.05, 3.63) is 0 Å². The summed E-state index contributed by atoms with van der Waals surface area (Å²) in [6.07, 6.45) is 9.01. The number of unbranched alkanes of at least 4 members (excludes halogenated alkanes) is 4. The molecule has 0 aliphatic heterocycles. The van der Waals surface area contributed by atoms with Crippen LogP contribution in [0.5, 0.6) is 0 Å². The van der Waals surface area contributed by atoms with Crippen LogP contribution in [-0.4, -0.2) is 54.4 Å². The molecule has 0 saturated heterocycles. The van der Waals surface area contributed by atoms with E-state index in [1.807, 2.05) is 41.5 Å². The Morgan fingerprint density at radius 2 is 1.34 bits per heavy atom. The minimum Gasteiger partial charge on any atom is -0.345 e. The molecule has 0 heterocycles. The van der Waals surface area contributed by atoms with Gasteiger partial charge in [0.15, 0.2) is 5.78 Å². The van der Waals surface area contributed by atoms with Gasteiger partial charge in [0.25, 0.3) is 0 Å². The molecule has 0 saturated carbocycles. The first-order chi connectivity index (χ1) is 16.4. The fourth-order valence-electron chi connectivity index (χ4n) is 4.16. The van der Waals surface area contributed by atoms with Gasteiger partial charge in [-0.05, 0) is 45.6 Å². The van der Waals surface area contributed by atoms with Crippen molar-refractivity contribution in [2.24, 2.45) is 11.8 Å². The third-order valence-electron chi connectivity index (χ3n) is 6.36. The molecular formula is C28H56N4O3. The predicted octanol–water partition coefficient (Wildman–Crippen LogP) is 4.34. The Morgan fingerprint density at radius 3 is 1.89 bits per heavy atom. The quantitative estimate of drug-likeness (QED) is 0.188. The first-order valence-electron chi connectivity index (χ1n) is 14.0. The predicted molar refractivity (Wildman–Crippen MR) is 146 cm³/mol. The van der Waals surface area contributed by atoms with Crippen LogP contribution in [0.25, 0.3) is 0 Å². The van der Waals surface area contributed by atoms with Crippen LogP contribution in [0.4, 0.5) is 0 Å². The van der Waals surface area contributed by atoms with E-state index >= 15 is 0 Å². The zero-order chi connectivity index (χ0) is 27.0. The lowest BCUT2D eigenvalue weighted by Crippen LogP contribution is -2.57. The summed E-state index contributed by atoms with van der Waals surface area (Å²) in [5.41, 5.74) is 0. The first kappa shape index (κ1) is 33.5. The second kappa shape index (κ2) is 18.8. The molecule has 206 valence electrons. The summed E-state index contributed by atoms with van der Waals surface area (Å²) in [4.78, 5) is 38.2. The summed E-state index contributed by atoms with van der Waals surface area (Å²) >= 11 is 0. The Kier molecular flexibility index (Phi) is 18.0. The summed E-state index contributed by atoms with van der Waals surface area (Å²) in [6, 6.07) is -0.939. The Bertz CT molecular complexity index is 607. The van der Waals surface area contributed by atoms with Gasteiger partial charge in [0, 0.05) is 18.0 Å². The summed E-state index contributed by atoms with van der Waals surface area (Å²) in [5, 5.41) is 12.7. The average Bonchev–Trinajstić information content (AvgIpc) is 2.77. The number of hydrogen-bond acceptors (Lipinski definition) is 5. The molecule has 0 aromatic rings. The number of hydrogen-bond donors (Lipinski definition) is 4. The monoisotopic (exact) mass is 496 g/mol. The zero-order valence-electron chi connectivity index (χ0n) is 24.1. The maximum absolute atomic E-state index is 13.1. The van der Waals surface area contributed by atoms with E-state index in [1.165, 1.54) is 32.1 Å². The number of rotatable bonds is 20. The minimum atomic E-state index is -0.684. The lowest BCUT2D eigenvalue weighted by molar-refractivity contribution is -0.133. The van der Waals surface area contributed by atoms with Gasteiger partial charge in [-0.2, -0.15) is 0 Å². The van der Waals surface area contributed by atoms with Crippen LogP contribution in [0.15, 0.2) is 0 Å². The topological polar surface area (TPSA) is 99.3 Å². The molecule has 0 spiro atoms. The van der Waals surface area contributed by atoms with E-state index in [0.29, 0.717) is 12.5 Å². The third kappa shape index (κ3) is 15.3. The van der Waals surface area contributed by atoms with E-state index < -0.39 is 12.1 Å². The van der Waals surface area contributed by atoms with Gasteiger partial charge in [-0.15, -0.1) is 0 Å². The second-order valence-electron chi connectivity index (χ2n) is 11.1. The largest absolute Gasteiger partial charge is 0.345 e. The average molecular weight is 497 g/mol. The smallest absolute Gasteiger partial charge is 0.243 e. The van der Waals surface area contributed by atoms with Crippen LogP contribution >= 0.6 is 0 Å². The first-order valence-corrected chi connectivity index (χ1v) is 14.0. The van der Waals surface area contributed by atoms with Crippen LogP contribution in [-0.2, 0) is 14.4 Å². The van der Waals surface area contributed by atoms with E-state index in [0.717, 1.165) is 19.4 Å². The third-order valence-corrected chi connectivity index (χ3v) is 6.36. The van der Waals surface area contributed by atoms with Crippen molar-refractivity contribution in [3.8, 4) is 0 Å². The molecule has 0 fully saturated rings. The summed E-state index contributed by atoms with van der Waals surface area (Å²) in [7, 11) is 0. The van der Waals surface area contributed by atoms with E-state index in [9.17, 15) is 14.4 Å². The van der Waals surface area contributed by atoms with E-state index in [-0.39, 0.29) is 41.5 Å². The lowest BCUT2D eigenvalue weighted by atomic mass is 9.99. The second-order valence-corrected chi connectivity index (χ2v) is 11.1. The highest BCUT2D eigenvalue weighted by Crippen LogP contribution is 2.09. The van der Waals surface area contributed by atoms with Crippen LogP contribution in [0, 0.1) is 11.8 Å². The maximum atomic E-state index is 13.1. The van der Waals surface area contributed by atoms with Crippen molar-refractivity contribution in [2.75, 3.05) is 6.54 Å². The number of Topliss-reactive ketones (excluding diaryl/α,β-unsaturated/α-hetero) is 1. The maximum Gasteiger partial charge on any atom is 0.243 e. The van der Waals surface area contributed by atoms with Gasteiger partial charge in [0.05, 0.1) is 12.1 Å². The number of nitrogens with one attached hydrogen (secondary N) is 4. The molecule has 0 radical (unpaired) electrons. The van der Waals surface area contributed by atoms with E-state index in [4.69, 9.17) is 0 Å². The molecule has 7 heteroatoms. The number of carbonyl (C=O) groups excluding carboxylic acids is 3. The zero-order valence-corrected chi connectivity index (χ0v) is 24.1. The molecule has 4 atom stereocenters. The summed E-state index contributed by atoms with van der Waals surface area (Å²) in [6.45, 7) is 18.6. The highest BCUT2D eigenvalue weighted by molar-refractivity contribution is 5.94. The molecule has 0 bridgehead atoms. The van der Waals surface area contributed by atoms with Crippen molar-refractivity contribution < 1.29 is 14.4 Å². The van der Waals surface area contributed by atoms with Crippen molar-refractivity contribution in [1.29, 1.82) is 0 Å². The summed E-state index contributed by atoms with van der Waals surface area (Å²) in [5.74, 6) is -0.739. The Hall–Kier alpha value is -1.47. The normalized spacial score (nSPS) is 15.2. The van der Waals surface area contributed by atoms with Gasteiger partial charge in [-0.1, -0.05) is 80.6 Å². The fourth-order valence-corrected chi connectivity index (χ4v) is 4.16. The molecule has 7 nitrogen and oxygen atoms in total. The van der Waals surface area contributed by atoms with E-state index in [1.54, 1.807) is 6.92 Å². The van der Waals surface area contributed by atoms with Crippen LogP contribution in [0.3, 0.4) is 0 Å².